The van der Waals surface area contributed by atoms with Crippen LogP contribution in [0.1, 0.15) is 11.1 Å². The van der Waals surface area contributed by atoms with E-state index in [2.05, 4.69) is 49.3 Å². The normalized spacial score (nSPS) is 14.1. The third-order valence-electron chi connectivity index (χ3n) is 5.99. The van der Waals surface area contributed by atoms with Gasteiger partial charge in [-0.25, -0.2) is 4.79 Å². The van der Waals surface area contributed by atoms with Crippen LogP contribution in [0, 0.1) is 11.5 Å². The van der Waals surface area contributed by atoms with Gasteiger partial charge in [0.25, 0.3) is 0 Å². The molecule has 35 heavy (non-hydrogen) atoms. The van der Waals surface area contributed by atoms with Crippen LogP contribution in [0.4, 0.5) is 0 Å². The largest absolute Gasteiger partial charge is 0.467 e. The zero-order valence-corrected chi connectivity index (χ0v) is 21.5. The first-order chi connectivity index (χ1) is 16.8. The fraction of sp³-hybridized carbons (Fsp3) is 0.233. The lowest BCUT2D eigenvalue weighted by molar-refractivity contribution is -0.186. The Hall–Kier alpha value is -3.43. The number of carbonyl (C=O) groups is 1. The summed E-state index contributed by atoms with van der Waals surface area (Å²) in [6.45, 7) is 6.33. The molecule has 4 rings (SSSR count). The highest BCUT2D eigenvalue weighted by Crippen LogP contribution is 2.36. The van der Waals surface area contributed by atoms with Gasteiger partial charge in [0, 0.05) is 0 Å². The summed E-state index contributed by atoms with van der Waals surface area (Å²) in [6.07, 6.45) is -1.41. The minimum atomic E-state index is -1.83. The second-order valence-corrected chi connectivity index (χ2v) is 14.4. The monoisotopic (exact) mass is 482 g/mol. The molecule has 0 heterocycles. The van der Waals surface area contributed by atoms with E-state index >= 15 is 0 Å². The Balaban J connectivity index is 1.89. The molecule has 0 aromatic heterocycles. The second-order valence-electron chi connectivity index (χ2n) is 9.60. The number of ether oxygens (including phenoxy) is 2. The minimum absolute atomic E-state index is 0.0809. The van der Waals surface area contributed by atoms with Gasteiger partial charge in [0.1, 0.15) is 8.07 Å². The number of methoxy groups -OCH3 is 1. The van der Waals surface area contributed by atoms with E-state index in [1.54, 1.807) is 12.1 Å². The zero-order valence-electron chi connectivity index (χ0n) is 20.5. The predicted molar refractivity (Wildman–Crippen MR) is 144 cm³/mol. The summed E-state index contributed by atoms with van der Waals surface area (Å²) in [4.78, 5) is 13.4. The molecule has 4 aromatic rings. The lowest BCUT2D eigenvalue weighted by Gasteiger charge is -2.34. The minimum Gasteiger partial charge on any atom is -0.467 e. The molecule has 0 bridgehead atoms. The highest BCUT2D eigenvalue weighted by atomic mass is 28.3. The Morgan fingerprint density at radius 2 is 1.46 bits per heavy atom. The Morgan fingerprint density at radius 3 is 2.00 bits per heavy atom. The number of esters is 1. The first-order valence-corrected chi connectivity index (χ1v) is 15.1. The van der Waals surface area contributed by atoms with Crippen LogP contribution >= 0.6 is 0 Å². The smallest absolute Gasteiger partial charge is 0.346 e. The topological polar surface area (TPSA) is 55.8 Å². The van der Waals surface area contributed by atoms with Gasteiger partial charge in [-0.1, -0.05) is 104 Å². The van der Waals surface area contributed by atoms with Gasteiger partial charge in [-0.3, -0.25) is 0 Å². The van der Waals surface area contributed by atoms with Crippen molar-refractivity contribution in [1.82, 2.24) is 0 Å². The van der Waals surface area contributed by atoms with E-state index < -0.39 is 25.7 Å². The molecule has 0 radical (unpaired) electrons. The van der Waals surface area contributed by atoms with Crippen LogP contribution in [-0.4, -0.2) is 32.4 Å². The van der Waals surface area contributed by atoms with E-state index in [-0.39, 0.29) is 6.61 Å². The van der Waals surface area contributed by atoms with Crippen LogP contribution < -0.4 is 0 Å². The van der Waals surface area contributed by atoms with Gasteiger partial charge in [0.05, 0.1) is 13.7 Å². The van der Waals surface area contributed by atoms with E-state index in [1.165, 1.54) is 7.11 Å². The number of hydrogen-bond donors (Lipinski definition) is 1. The summed E-state index contributed by atoms with van der Waals surface area (Å²) in [7, 11) is -0.532. The molecule has 4 aromatic carbocycles. The van der Waals surface area contributed by atoms with Gasteiger partial charge in [0.15, 0.2) is 6.10 Å². The Kier molecular flexibility index (Phi) is 7.09. The maximum atomic E-state index is 13.4. The molecule has 0 saturated carbocycles. The molecule has 0 saturated heterocycles. The van der Waals surface area contributed by atoms with Crippen LogP contribution in [0.3, 0.4) is 0 Å². The Bertz CT molecular complexity index is 1360. The molecule has 5 heteroatoms. The quantitative estimate of drug-likeness (QED) is 0.163. The average Bonchev–Trinajstić information content (AvgIpc) is 2.87. The first kappa shape index (κ1) is 24.7. The summed E-state index contributed by atoms with van der Waals surface area (Å²) < 4.78 is 11.7. The molecule has 0 aliphatic rings. The zero-order chi connectivity index (χ0) is 25.1. The summed E-state index contributed by atoms with van der Waals surface area (Å²) in [5.41, 5.74) is 2.81. The highest BCUT2D eigenvalue weighted by Gasteiger charge is 2.49. The van der Waals surface area contributed by atoms with E-state index in [4.69, 9.17) is 9.47 Å². The van der Waals surface area contributed by atoms with E-state index in [0.29, 0.717) is 5.56 Å². The summed E-state index contributed by atoms with van der Waals surface area (Å²) in [5, 5.41) is 15.6. The molecule has 2 atom stereocenters. The van der Waals surface area contributed by atoms with Crippen molar-refractivity contribution in [3.05, 3.63) is 96.1 Å². The van der Waals surface area contributed by atoms with Crippen molar-refractivity contribution in [3.63, 3.8) is 0 Å². The van der Waals surface area contributed by atoms with Crippen LogP contribution in [-0.2, 0) is 26.5 Å². The Labute approximate surface area is 207 Å². The maximum Gasteiger partial charge on any atom is 0.346 e. The predicted octanol–water partition coefficient (Wildman–Crippen LogP) is 5.82. The molecule has 0 aliphatic heterocycles. The standard InChI is InChI=1S/C30H30O4Si/c1-33-29(32)30(24-14-6-5-7-15-24,28(31)18-19-35(2,3)4)34-21-27-25-16-10-8-12-22(25)20-23-13-9-11-17-26(23)27/h5-17,20,28,31H,21H2,1-4H3/t28-,30-/m1/s1. The number of rotatable bonds is 6. The molecule has 0 unspecified atom stereocenters. The third kappa shape index (κ3) is 5.01. The molecule has 0 aliphatic carbocycles. The van der Waals surface area contributed by atoms with Crippen molar-refractivity contribution < 1.29 is 19.4 Å². The van der Waals surface area contributed by atoms with Crippen LogP contribution in [0.5, 0.6) is 0 Å². The number of fused-ring (bicyclic) bond motifs is 2. The van der Waals surface area contributed by atoms with Crippen molar-refractivity contribution >= 4 is 35.6 Å². The molecular formula is C30H30O4Si. The molecular weight excluding hydrogens is 452 g/mol. The molecule has 4 nitrogen and oxygen atoms in total. The summed E-state index contributed by atoms with van der Waals surface area (Å²) >= 11 is 0. The fourth-order valence-electron chi connectivity index (χ4n) is 4.28. The number of aliphatic hydroxyl groups excluding tert-OH is 1. The van der Waals surface area contributed by atoms with Crippen molar-refractivity contribution in [2.24, 2.45) is 0 Å². The van der Waals surface area contributed by atoms with Crippen LogP contribution in [0.15, 0.2) is 84.9 Å². The summed E-state index contributed by atoms with van der Waals surface area (Å²) in [5.74, 6) is 2.24. The average molecular weight is 483 g/mol. The molecule has 0 spiro atoms. The van der Waals surface area contributed by atoms with Crippen molar-refractivity contribution in [3.8, 4) is 11.5 Å². The Morgan fingerprint density at radius 1 is 0.914 bits per heavy atom. The number of hydrogen-bond acceptors (Lipinski definition) is 4. The molecule has 0 amide bonds. The van der Waals surface area contributed by atoms with E-state index in [9.17, 15) is 9.90 Å². The maximum absolute atomic E-state index is 13.4. The first-order valence-electron chi connectivity index (χ1n) is 11.6. The van der Waals surface area contributed by atoms with Gasteiger partial charge < -0.3 is 14.6 Å². The van der Waals surface area contributed by atoms with Crippen molar-refractivity contribution in [1.29, 1.82) is 0 Å². The van der Waals surface area contributed by atoms with Crippen LogP contribution in [0.25, 0.3) is 21.5 Å². The summed E-state index contributed by atoms with van der Waals surface area (Å²) in [6, 6.07) is 27.3. The lowest BCUT2D eigenvalue weighted by atomic mass is 9.87. The second kappa shape index (κ2) is 10.0. The van der Waals surface area contributed by atoms with Crippen molar-refractivity contribution in [2.45, 2.75) is 38.0 Å². The highest BCUT2D eigenvalue weighted by molar-refractivity contribution is 6.83. The number of carbonyl (C=O) groups excluding carboxylic acids is 1. The number of aliphatic hydroxyl groups is 1. The van der Waals surface area contributed by atoms with Gasteiger partial charge in [-0.15, -0.1) is 5.54 Å². The van der Waals surface area contributed by atoms with Crippen molar-refractivity contribution in [2.75, 3.05) is 7.11 Å². The molecule has 1 N–H and O–H groups in total. The third-order valence-corrected chi connectivity index (χ3v) is 6.88. The molecule has 178 valence electrons. The van der Waals surface area contributed by atoms with E-state index in [1.807, 2.05) is 54.6 Å². The SMILES string of the molecule is COC(=O)[C@@](OCc1c2ccccc2cc2ccccc12)(c1ccccc1)[C@H](O)C#C[Si](C)(C)C. The van der Waals surface area contributed by atoms with Gasteiger partial charge in [-0.05, 0) is 38.7 Å². The van der Waals surface area contributed by atoms with E-state index in [0.717, 1.165) is 27.1 Å². The molecule has 0 fully saturated rings. The number of benzene rings is 4. The lowest BCUT2D eigenvalue weighted by Crippen LogP contribution is -2.49. The van der Waals surface area contributed by atoms with Crippen LogP contribution in [0.2, 0.25) is 19.6 Å². The fourth-order valence-corrected chi connectivity index (χ4v) is 4.85. The van der Waals surface area contributed by atoms with Gasteiger partial charge in [0.2, 0.25) is 5.60 Å². The van der Waals surface area contributed by atoms with Gasteiger partial charge in [-0.2, -0.15) is 0 Å². The van der Waals surface area contributed by atoms with Gasteiger partial charge >= 0.3 is 5.97 Å².